The van der Waals surface area contributed by atoms with Crippen LogP contribution in [0.25, 0.3) is 38.6 Å². The first kappa shape index (κ1) is 25.2. The van der Waals surface area contributed by atoms with E-state index < -0.39 is 6.04 Å². The average molecular weight is 560 g/mol. The Hall–Kier alpha value is -4.75. The second-order valence-electron chi connectivity index (χ2n) is 10.5. The number of H-pyrrole nitrogens is 1. The van der Waals surface area contributed by atoms with Gasteiger partial charge in [-0.1, -0.05) is 72.3 Å². The molecule has 3 aromatic carbocycles. The molecular formula is C33H26ClN5O2. The van der Waals surface area contributed by atoms with Crippen molar-refractivity contribution in [1.29, 1.82) is 0 Å². The molecule has 0 aliphatic heterocycles. The Morgan fingerprint density at radius 3 is 2.46 bits per heavy atom. The number of halogens is 1. The molecule has 41 heavy (non-hydrogen) atoms. The molecule has 0 radical (unpaired) electrons. The van der Waals surface area contributed by atoms with E-state index in [1.165, 1.54) is 30.8 Å². The van der Waals surface area contributed by atoms with Crippen LogP contribution in [0.5, 0.6) is 0 Å². The molecule has 0 unspecified atom stereocenters. The lowest BCUT2D eigenvalue weighted by atomic mass is 9.96. The first-order chi connectivity index (χ1) is 20.0. The van der Waals surface area contributed by atoms with Crippen molar-refractivity contribution in [2.24, 2.45) is 0 Å². The van der Waals surface area contributed by atoms with Gasteiger partial charge in [0, 0.05) is 23.3 Å². The summed E-state index contributed by atoms with van der Waals surface area (Å²) in [6, 6.07) is 24.7. The quantitative estimate of drug-likeness (QED) is 0.229. The number of fused-ring (bicyclic) bond motifs is 2. The lowest BCUT2D eigenvalue weighted by Gasteiger charge is -2.24. The van der Waals surface area contributed by atoms with E-state index in [-0.39, 0.29) is 11.0 Å². The second-order valence-corrected chi connectivity index (χ2v) is 10.8. The molecule has 7 nitrogen and oxygen atoms in total. The summed E-state index contributed by atoms with van der Waals surface area (Å²) in [6.45, 7) is 1.90. The SMILES string of the molecule is C[C@H](Nc1ncnc2[nH]ccc(=O)c12)c1c(Cl)c2cccc(-c3ccc(C4CC4)cc3)c2c(=O)n1-c1ccccc1. The topological polar surface area (TPSA) is 92.7 Å². The minimum absolute atomic E-state index is 0.175. The molecule has 3 heterocycles. The zero-order valence-electron chi connectivity index (χ0n) is 22.3. The van der Waals surface area contributed by atoms with Crippen LogP contribution in [0.15, 0.2) is 101 Å². The Balaban J connectivity index is 1.44. The number of aromatic amines is 1. The van der Waals surface area contributed by atoms with Crippen LogP contribution in [-0.2, 0) is 0 Å². The predicted molar refractivity (Wildman–Crippen MR) is 164 cm³/mol. The van der Waals surface area contributed by atoms with E-state index in [1.807, 2.05) is 55.5 Å². The summed E-state index contributed by atoms with van der Waals surface area (Å²) >= 11 is 7.21. The molecule has 7 rings (SSSR count). The molecule has 0 saturated heterocycles. The number of nitrogens with zero attached hydrogens (tertiary/aromatic N) is 3. The van der Waals surface area contributed by atoms with Gasteiger partial charge in [-0.05, 0) is 54.5 Å². The van der Waals surface area contributed by atoms with Crippen molar-refractivity contribution in [2.75, 3.05) is 5.32 Å². The van der Waals surface area contributed by atoms with E-state index in [0.717, 1.165) is 11.1 Å². The number of rotatable bonds is 6. The summed E-state index contributed by atoms with van der Waals surface area (Å²) in [5.74, 6) is 1.01. The van der Waals surface area contributed by atoms with E-state index in [0.29, 0.717) is 49.9 Å². The zero-order chi connectivity index (χ0) is 28.1. The van der Waals surface area contributed by atoms with Gasteiger partial charge in [-0.25, -0.2) is 9.97 Å². The van der Waals surface area contributed by atoms with Gasteiger partial charge < -0.3 is 10.3 Å². The summed E-state index contributed by atoms with van der Waals surface area (Å²) in [6.07, 6.45) is 5.41. The van der Waals surface area contributed by atoms with Crippen LogP contribution >= 0.6 is 11.6 Å². The Labute approximate surface area is 240 Å². The molecule has 1 fully saturated rings. The maximum absolute atomic E-state index is 14.5. The second kappa shape index (κ2) is 10.0. The van der Waals surface area contributed by atoms with Crippen molar-refractivity contribution in [3.8, 4) is 16.8 Å². The number of hydrogen-bond acceptors (Lipinski definition) is 5. The van der Waals surface area contributed by atoms with Gasteiger partial charge in [0.2, 0.25) is 0 Å². The normalized spacial score (nSPS) is 13.9. The molecule has 0 amide bonds. The van der Waals surface area contributed by atoms with E-state index in [9.17, 15) is 9.59 Å². The highest BCUT2D eigenvalue weighted by atomic mass is 35.5. The molecule has 8 heteroatoms. The van der Waals surface area contributed by atoms with Crippen LogP contribution in [0.1, 0.15) is 43.0 Å². The van der Waals surface area contributed by atoms with Crippen molar-refractivity contribution in [3.63, 3.8) is 0 Å². The Morgan fingerprint density at radius 2 is 1.71 bits per heavy atom. The van der Waals surface area contributed by atoms with Gasteiger partial charge in [0.15, 0.2) is 5.43 Å². The van der Waals surface area contributed by atoms with Crippen molar-refractivity contribution in [2.45, 2.75) is 31.7 Å². The number of benzene rings is 3. The van der Waals surface area contributed by atoms with Gasteiger partial charge in [0.25, 0.3) is 5.56 Å². The number of para-hydroxylation sites is 1. The molecule has 2 N–H and O–H groups in total. The first-order valence-electron chi connectivity index (χ1n) is 13.6. The first-order valence-corrected chi connectivity index (χ1v) is 14.0. The minimum atomic E-state index is -0.501. The van der Waals surface area contributed by atoms with Crippen molar-refractivity contribution in [3.05, 3.63) is 128 Å². The third kappa shape index (κ3) is 4.39. The highest BCUT2D eigenvalue weighted by Gasteiger charge is 2.25. The van der Waals surface area contributed by atoms with Crippen LogP contribution in [-0.4, -0.2) is 19.5 Å². The van der Waals surface area contributed by atoms with E-state index in [2.05, 4.69) is 44.5 Å². The number of aromatic nitrogens is 4. The molecular weight excluding hydrogens is 534 g/mol. The molecule has 0 spiro atoms. The van der Waals surface area contributed by atoms with E-state index >= 15 is 0 Å². The number of anilines is 1. The van der Waals surface area contributed by atoms with Crippen molar-refractivity contribution >= 4 is 39.2 Å². The molecule has 202 valence electrons. The van der Waals surface area contributed by atoms with Gasteiger partial charge in [-0.2, -0.15) is 0 Å². The lowest BCUT2D eigenvalue weighted by Crippen LogP contribution is -2.27. The fourth-order valence-corrected chi connectivity index (χ4v) is 6.03. The van der Waals surface area contributed by atoms with Gasteiger partial charge in [0.05, 0.1) is 22.1 Å². The zero-order valence-corrected chi connectivity index (χ0v) is 23.0. The van der Waals surface area contributed by atoms with Gasteiger partial charge >= 0.3 is 0 Å². The Bertz CT molecular complexity index is 2040. The molecule has 1 aliphatic carbocycles. The fourth-order valence-electron chi connectivity index (χ4n) is 5.62. The average Bonchev–Trinajstić information content (AvgIpc) is 3.85. The summed E-state index contributed by atoms with van der Waals surface area (Å²) in [4.78, 5) is 38.7. The van der Waals surface area contributed by atoms with Gasteiger partial charge in [-0.15, -0.1) is 0 Å². The smallest absolute Gasteiger partial charge is 0.263 e. The molecule has 1 aliphatic rings. The van der Waals surface area contributed by atoms with Crippen LogP contribution in [0.4, 0.5) is 5.82 Å². The standard InChI is InChI=1S/C33H26ClN5O2/c1-19(38-32-28-26(40)16-17-35-31(28)36-18-37-32)30-29(34)25-9-5-8-24(22-14-12-21(13-15-22)20-10-11-20)27(25)33(41)39(30)23-6-3-2-4-7-23/h2-9,12-20H,10-11H2,1H3,(H2,35,36,37,38,40)/t19-/m0/s1. The highest BCUT2D eigenvalue weighted by molar-refractivity contribution is 6.36. The van der Waals surface area contributed by atoms with Gasteiger partial charge in [-0.3, -0.25) is 14.2 Å². The number of hydrogen-bond donors (Lipinski definition) is 2. The predicted octanol–water partition coefficient (Wildman–Crippen LogP) is 6.99. The third-order valence-corrected chi connectivity index (χ3v) is 8.18. The molecule has 6 aromatic rings. The fraction of sp³-hybridized carbons (Fsp3) is 0.152. The maximum Gasteiger partial charge on any atom is 0.263 e. The number of nitrogens with one attached hydrogen (secondary N) is 2. The minimum Gasteiger partial charge on any atom is -0.361 e. The van der Waals surface area contributed by atoms with Crippen molar-refractivity contribution < 1.29 is 0 Å². The van der Waals surface area contributed by atoms with Gasteiger partial charge in [0.1, 0.15) is 23.2 Å². The summed E-state index contributed by atoms with van der Waals surface area (Å²) in [7, 11) is 0. The molecule has 1 saturated carbocycles. The molecule has 0 bridgehead atoms. The van der Waals surface area contributed by atoms with Crippen LogP contribution in [0.3, 0.4) is 0 Å². The Morgan fingerprint density at radius 1 is 0.927 bits per heavy atom. The lowest BCUT2D eigenvalue weighted by molar-refractivity contribution is 0.774. The Kier molecular flexibility index (Phi) is 6.16. The molecule has 3 aromatic heterocycles. The largest absolute Gasteiger partial charge is 0.361 e. The van der Waals surface area contributed by atoms with Crippen LogP contribution < -0.4 is 16.3 Å². The monoisotopic (exact) mass is 559 g/mol. The third-order valence-electron chi connectivity index (χ3n) is 7.78. The van der Waals surface area contributed by atoms with Crippen molar-refractivity contribution in [1.82, 2.24) is 19.5 Å². The van der Waals surface area contributed by atoms with Crippen LogP contribution in [0.2, 0.25) is 5.02 Å². The molecule has 1 atom stereocenters. The summed E-state index contributed by atoms with van der Waals surface area (Å²) < 4.78 is 1.66. The maximum atomic E-state index is 14.5. The number of pyridine rings is 2. The summed E-state index contributed by atoms with van der Waals surface area (Å²) in [5.41, 5.74) is 4.44. The van der Waals surface area contributed by atoms with Crippen LogP contribution in [0, 0.1) is 0 Å². The van der Waals surface area contributed by atoms with E-state index in [4.69, 9.17) is 11.6 Å². The van der Waals surface area contributed by atoms with E-state index in [1.54, 1.807) is 10.8 Å². The summed E-state index contributed by atoms with van der Waals surface area (Å²) in [5, 5.41) is 5.35. The highest BCUT2D eigenvalue weighted by Crippen LogP contribution is 2.41.